The lowest BCUT2D eigenvalue weighted by atomic mass is 10.3. The minimum absolute atomic E-state index is 0.401. The maximum atomic E-state index is 11.9. The highest BCUT2D eigenvalue weighted by molar-refractivity contribution is 9.10. The fraction of sp³-hybridized carbons (Fsp3) is 0.125. The van der Waals surface area contributed by atoms with Crippen LogP contribution in [0.2, 0.25) is 0 Å². The van der Waals surface area contributed by atoms with Crippen molar-refractivity contribution < 1.29 is 18.7 Å². The van der Waals surface area contributed by atoms with E-state index in [4.69, 9.17) is 9.15 Å². The van der Waals surface area contributed by atoms with E-state index in [0.717, 1.165) is 4.47 Å². The summed E-state index contributed by atoms with van der Waals surface area (Å²) in [5.41, 5.74) is 0.627. The van der Waals surface area contributed by atoms with E-state index < -0.39 is 18.0 Å². The SMILES string of the molecule is C[C@H](OC(=O)/C=C/c1ccco1)C(=O)Nc1ccc(Br)cc1. The molecule has 5 nitrogen and oxygen atoms in total. The number of carbonyl (C=O) groups is 2. The molecule has 0 fully saturated rings. The summed E-state index contributed by atoms with van der Waals surface area (Å²) in [5, 5.41) is 2.66. The molecule has 0 aliphatic carbocycles. The van der Waals surface area contributed by atoms with E-state index >= 15 is 0 Å². The Bertz CT molecular complexity index is 662. The van der Waals surface area contributed by atoms with E-state index in [9.17, 15) is 9.59 Å². The second kappa shape index (κ2) is 7.61. The van der Waals surface area contributed by atoms with E-state index in [-0.39, 0.29) is 0 Å². The van der Waals surface area contributed by atoms with Crippen LogP contribution in [0.1, 0.15) is 12.7 Å². The van der Waals surface area contributed by atoms with E-state index in [1.54, 1.807) is 36.4 Å². The average Bonchev–Trinajstić information content (AvgIpc) is 3.01. The van der Waals surface area contributed by atoms with Gasteiger partial charge < -0.3 is 14.5 Å². The van der Waals surface area contributed by atoms with Gasteiger partial charge in [-0.3, -0.25) is 4.79 Å². The van der Waals surface area contributed by atoms with Crippen LogP contribution in [0.5, 0.6) is 0 Å². The highest BCUT2D eigenvalue weighted by Gasteiger charge is 2.16. The number of furan rings is 1. The molecule has 0 radical (unpaired) electrons. The molecule has 1 amide bonds. The third-order valence-corrected chi connectivity index (χ3v) is 3.23. The molecule has 0 saturated carbocycles. The smallest absolute Gasteiger partial charge is 0.331 e. The van der Waals surface area contributed by atoms with Crippen molar-refractivity contribution in [3.8, 4) is 0 Å². The summed E-state index contributed by atoms with van der Waals surface area (Å²) >= 11 is 3.31. The maximum Gasteiger partial charge on any atom is 0.331 e. The number of rotatable bonds is 5. The number of benzene rings is 1. The van der Waals surface area contributed by atoms with Crippen LogP contribution in [0.25, 0.3) is 6.08 Å². The van der Waals surface area contributed by atoms with Gasteiger partial charge in [0.1, 0.15) is 5.76 Å². The van der Waals surface area contributed by atoms with Crippen LogP contribution in [-0.4, -0.2) is 18.0 Å². The minimum atomic E-state index is -0.905. The third-order valence-electron chi connectivity index (χ3n) is 2.70. The van der Waals surface area contributed by atoms with Gasteiger partial charge in [-0.15, -0.1) is 0 Å². The number of amides is 1. The van der Waals surface area contributed by atoms with Crippen molar-refractivity contribution in [3.05, 3.63) is 59.0 Å². The largest absolute Gasteiger partial charge is 0.465 e. The lowest BCUT2D eigenvalue weighted by molar-refractivity contribution is -0.148. The molecule has 0 aliphatic rings. The van der Waals surface area contributed by atoms with Crippen LogP contribution >= 0.6 is 15.9 Å². The first-order valence-corrected chi connectivity index (χ1v) is 7.32. The summed E-state index contributed by atoms with van der Waals surface area (Å²) in [5.74, 6) is -0.485. The summed E-state index contributed by atoms with van der Waals surface area (Å²) in [6.07, 6.45) is 3.28. The molecule has 114 valence electrons. The normalized spacial score (nSPS) is 12.1. The molecule has 6 heteroatoms. The zero-order chi connectivity index (χ0) is 15.9. The highest BCUT2D eigenvalue weighted by atomic mass is 79.9. The predicted molar refractivity (Wildman–Crippen MR) is 86.1 cm³/mol. The Balaban J connectivity index is 1.85. The van der Waals surface area contributed by atoms with Crippen LogP contribution in [0.3, 0.4) is 0 Å². The van der Waals surface area contributed by atoms with Gasteiger partial charge in [0.05, 0.1) is 6.26 Å². The van der Waals surface area contributed by atoms with Crippen LogP contribution in [0, 0.1) is 0 Å². The van der Waals surface area contributed by atoms with E-state index in [1.807, 2.05) is 0 Å². The summed E-state index contributed by atoms with van der Waals surface area (Å²) in [6.45, 7) is 1.51. The molecule has 1 N–H and O–H groups in total. The Labute approximate surface area is 136 Å². The lowest BCUT2D eigenvalue weighted by Crippen LogP contribution is -2.29. The van der Waals surface area contributed by atoms with Crippen LogP contribution < -0.4 is 5.32 Å². The maximum absolute atomic E-state index is 11.9. The fourth-order valence-electron chi connectivity index (χ4n) is 1.58. The molecule has 0 aliphatic heterocycles. The predicted octanol–water partition coefficient (Wildman–Crippen LogP) is 3.63. The molecule has 1 aromatic heterocycles. The van der Waals surface area contributed by atoms with Crippen molar-refractivity contribution in [3.63, 3.8) is 0 Å². The molecule has 2 rings (SSSR count). The van der Waals surface area contributed by atoms with Crippen LogP contribution in [-0.2, 0) is 14.3 Å². The first-order valence-electron chi connectivity index (χ1n) is 6.53. The van der Waals surface area contributed by atoms with Gasteiger partial charge >= 0.3 is 5.97 Å². The second-order valence-corrected chi connectivity index (χ2v) is 5.34. The van der Waals surface area contributed by atoms with Crippen molar-refractivity contribution in [1.82, 2.24) is 0 Å². The van der Waals surface area contributed by atoms with Gasteiger partial charge in [0.2, 0.25) is 0 Å². The van der Waals surface area contributed by atoms with E-state index in [1.165, 1.54) is 25.3 Å². The van der Waals surface area contributed by atoms with Crippen LogP contribution in [0.4, 0.5) is 5.69 Å². The molecule has 0 saturated heterocycles. The quantitative estimate of drug-likeness (QED) is 0.650. The van der Waals surface area contributed by atoms with Gasteiger partial charge in [-0.2, -0.15) is 0 Å². The van der Waals surface area contributed by atoms with Crippen molar-refractivity contribution in [2.24, 2.45) is 0 Å². The Hall–Kier alpha value is -2.34. The highest BCUT2D eigenvalue weighted by Crippen LogP contribution is 2.14. The Morgan fingerprint density at radius 1 is 1.27 bits per heavy atom. The van der Waals surface area contributed by atoms with Gasteiger partial charge in [-0.05, 0) is 49.4 Å². The molecule has 1 atom stereocenters. The zero-order valence-electron chi connectivity index (χ0n) is 11.8. The Morgan fingerprint density at radius 3 is 2.64 bits per heavy atom. The van der Waals surface area contributed by atoms with Gasteiger partial charge in [-0.1, -0.05) is 15.9 Å². The van der Waals surface area contributed by atoms with E-state index in [2.05, 4.69) is 21.2 Å². The van der Waals surface area contributed by atoms with Crippen molar-refractivity contribution in [2.45, 2.75) is 13.0 Å². The molecular weight excluding hydrogens is 350 g/mol. The Morgan fingerprint density at radius 2 is 2.00 bits per heavy atom. The molecule has 2 aromatic rings. The monoisotopic (exact) mass is 363 g/mol. The summed E-state index contributed by atoms with van der Waals surface area (Å²) < 4.78 is 11.0. The molecular formula is C16H14BrNO4. The van der Waals surface area contributed by atoms with E-state index in [0.29, 0.717) is 11.4 Å². The number of halogens is 1. The number of carbonyl (C=O) groups excluding carboxylic acids is 2. The lowest BCUT2D eigenvalue weighted by Gasteiger charge is -2.12. The summed E-state index contributed by atoms with van der Waals surface area (Å²) in [6, 6.07) is 10.5. The number of ether oxygens (including phenoxy) is 1. The van der Waals surface area contributed by atoms with Gasteiger partial charge in [0, 0.05) is 16.2 Å². The number of nitrogens with one attached hydrogen (secondary N) is 1. The van der Waals surface area contributed by atoms with Gasteiger partial charge in [0.15, 0.2) is 6.10 Å². The molecule has 1 aromatic carbocycles. The molecule has 0 unspecified atom stereocenters. The Kier molecular flexibility index (Phi) is 5.55. The molecule has 0 bridgehead atoms. The topological polar surface area (TPSA) is 68.5 Å². The van der Waals surface area contributed by atoms with Crippen LogP contribution in [0.15, 0.2) is 57.6 Å². The van der Waals surface area contributed by atoms with Crippen molar-refractivity contribution in [1.29, 1.82) is 0 Å². The van der Waals surface area contributed by atoms with Crippen molar-refractivity contribution >= 4 is 39.6 Å². The molecule has 1 heterocycles. The first kappa shape index (κ1) is 16.0. The molecule has 22 heavy (non-hydrogen) atoms. The average molecular weight is 364 g/mol. The number of hydrogen-bond acceptors (Lipinski definition) is 4. The molecule has 0 spiro atoms. The van der Waals surface area contributed by atoms with Gasteiger partial charge in [0.25, 0.3) is 5.91 Å². The summed E-state index contributed by atoms with van der Waals surface area (Å²) in [7, 11) is 0. The standard InChI is InChI=1S/C16H14BrNO4/c1-11(16(20)18-13-6-4-12(17)5-7-13)22-15(19)9-8-14-3-2-10-21-14/h2-11H,1H3,(H,18,20)/b9-8+/t11-/m0/s1. The fourth-order valence-corrected chi connectivity index (χ4v) is 1.84. The summed E-state index contributed by atoms with van der Waals surface area (Å²) in [4.78, 5) is 23.5. The number of hydrogen-bond donors (Lipinski definition) is 1. The first-order chi connectivity index (χ1) is 10.5. The van der Waals surface area contributed by atoms with Gasteiger partial charge in [-0.25, -0.2) is 4.79 Å². The van der Waals surface area contributed by atoms with Crippen molar-refractivity contribution in [2.75, 3.05) is 5.32 Å². The number of anilines is 1. The third kappa shape index (κ3) is 4.89. The minimum Gasteiger partial charge on any atom is -0.465 e. The zero-order valence-corrected chi connectivity index (χ0v) is 13.4. The number of esters is 1. The second-order valence-electron chi connectivity index (χ2n) is 4.42.